The molecule has 1 unspecified atom stereocenters. The van der Waals surface area contributed by atoms with Gasteiger partial charge in [-0.25, -0.2) is 4.98 Å². The van der Waals surface area contributed by atoms with E-state index in [4.69, 9.17) is 4.74 Å². The first-order chi connectivity index (χ1) is 8.72. The fourth-order valence-corrected chi connectivity index (χ4v) is 1.89. The summed E-state index contributed by atoms with van der Waals surface area (Å²) in [7, 11) is 3.62. The van der Waals surface area contributed by atoms with Crippen molar-refractivity contribution in [3.05, 3.63) is 30.1 Å². The Hall–Kier alpha value is -1.43. The number of aromatic nitrogens is 2. The van der Waals surface area contributed by atoms with Crippen molar-refractivity contribution in [1.29, 1.82) is 0 Å². The Morgan fingerprint density at radius 3 is 3.11 bits per heavy atom. The van der Waals surface area contributed by atoms with E-state index in [1.54, 1.807) is 13.4 Å². The maximum absolute atomic E-state index is 10.0. The van der Waals surface area contributed by atoms with E-state index in [-0.39, 0.29) is 0 Å². The van der Waals surface area contributed by atoms with Gasteiger partial charge in [0.25, 0.3) is 0 Å². The summed E-state index contributed by atoms with van der Waals surface area (Å²) in [5, 5.41) is 13.2. The highest BCUT2D eigenvalue weighted by Gasteiger charge is 2.09. The molecule has 0 bridgehead atoms. The van der Waals surface area contributed by atoms with Gasteiger partial charge in [0.2, 0.25) is 0 Å². The van der Waals surface area contributed by atoms with E-state index in [1.807, 2.05) is 29.8 Å². The SMILES string of the molecule is COCCNCC(O)c1ccc2c(c1)ncn2C. The number of ether oxygens (including phenoxy) is 1. The lowest BCUT2D eigenvalue weighted by atomic mass is 10.1. The first kappa shape index (κ1) is 13.0. The lowest BCUT2D eigenvalue weighted by Gasteiger charge is -2.12. The van der Waals surface area contributed by atoms with E-state index in [2.05, 4.69) is 10.3 Å². The van der Waals surface area contributed by atoms with Crippen molar-refractivity contribution in [1.82, 2.24) is 14.9 Å². The molecule has 5 heteroatoms. The van der Waals surface area contributed by atoms with Crippen LogP contribution in [0.4, 0.5) is 0 Å². The number of nitrogens with one attached hydrogen (secondary N) is 1. The summed E-state index contributed by atoms with van der Waals surface area (Å²) < 4.78 is 6.89. The van der Waals surface area contributed by atoms with Crippen LogP contribution in [-0.4, -0.2) is 41.5 Å². The van der Waals surface area contributed by atoms with Crippen LogP contribution >= 0.6 is 0 Å². The number of hydrogen-bond donors (Lipinski definition) is 2. The van der Waals surface area contributed by atoms with E-state index in [0.29, 0.717) is 13.2 Å². The molecule has 0 amide bonds. The summed E-state index contributed by atoms with van der Waals surface area (Å²) >= 11 is 0. The Balaban J connectivity index is 2.01. The van der Waals surface area contributed by atoms with Crippen LogP contribution in [0.15, 0.2) is 24.5 Å². The zero-order valence-corrected chi connectivity index (χ0v) is 10.8. The van der Waals surface area contributed by atoms with Crippen molar-refractivity contribution in [2.45, 2.75) is 6.10 Å². The van der Waals surface area contributed by atoms with Crippen LogP contribution < -0.4 is 5.32 Å². The summed E-state index contributed by atoms with van der Waals surface area (Å²) in [4.78, 5) is 4.28. The minimum absolute atomic E-state index is 0.516. The second-order valence-corrected chi connectivity index (χ2v) is 4.32. The van der Waals surface area contributed by atoms with Crippen molar-refractivity contribution in [2.75, 3.05) is 26.8 Å². The molecule has 0 radical (unpaired) electrons. The monoisotopic (exact) mass is 249 g/mol. The number of aliphatic hydroxyl groups is 1. The molecule has 1 aromatic heterocycles. The van der Waals surface area contributed by atoms with Gasteiger partial charge < -0.3 is 19.7 Å². The largest absolute Gasteiger partial charge is 0.387 e. The van der Waals surface area contributed by atoms with Gasteiger partial charge in [0.1, 0.15) is 0 Å². The van der Waals surface area contributed by atoms with Crippen LogP contribution in [0.2, 0.25) is 0 Å². The average Bonchev–Trinajstić information content (AvgIpc) is 2.76. The lowest BCUT2D eigenvalue weighted by Crippen LogP contribution is -2.24. The summed E-state index contributed by atoms with van der Waals surface area (Å²) in [6.45, 7) is 1.90. The third-order valence-electron chi connectivity index (χ3n) is 2.95. The maximum Gasteiger partial charge on any atom is 0.0955 e. The van der Waals surface area contributed by atoms with Crippen molar-refractivity contribution in [2.24, 2.45) is 7.05 Å². The highest BCUT2D eigenvalue weighted by molar-refractivity contribution is 5.76. The predicted octanol–water partition coefficient (Wildman–Crippen LogP) is 0.843. The molecule has 1 aromatic carbocycles. The van der Waals surface area contributed by atoms with Gasteiger partial charge in [-0.3, -0.25) is 0 Å². The van der Waals surface area contributed by atoms with Crippen molar-refractivity contribution >= 4 is 11.0 Å². The highest BCUT2D eigenvalue weighted by atomic mass is 16.5. The van der Waals surface area contributed by atoms with Crippen LogP contribution in [0.25, 0.3) is 11.0 Å². The lowest BCUT2D eigenvalue weighted by molar-refractivity contribution is 0.161. The molecule has 5 nitrogen and oxygen atoms in total. The molecular formula is C13H19N3O2. The number of aliphatic hydroxyl groups excluding tert-OH is 1. The summed E-state index contributed by atoms with van der Waals surface area (Å²) in [6.07, 6.45) is 1.26. The Morgan fingerprint density at radius 1 is 1.50 bits per heavy atom. The molecule has 2 aromatic rings. The fraction of sp³-hybridized carbons (Fsp3) is 0.462. The molecular weight excluding hydrogens is 230 g/mol. The second kappa shape index (κ2) is 5.95. The molecule has 0 saturated carbocycles. The van der Waals surface area contributed by atoms with Gasteiger partial charge in [-0.1, -0.05) is 6.07 Å². The molecule has 0 saturated heterocycles. The zero-order chi connectivity index (χ0) is 13.0. The third-order valence-corrected chi connectivity index (χ3v) is 2.95. The van der Waals surface area contributed by atoms with Crippen LogP contribution in [0.1, 0.15) is 11.7 Å². The maximum atomic E-state index is 10.0. The Bertz CT molecular complexity index is 510. The number of nitrogens with zero attached hydrogens (tertiary/aromatic N) is 2. The van der Waals surface area contributed by atoms with Crippen LogP contribution in [-0.2, 0) is 11.8 Å². The fourth-order valence-electron chi connectivity index (χ4n) is 1.89. The standard InChI is InChI=1S/C13H19N3O2/c1-16-9-15-11-7-10(3-4-12(11)16)13(17)8-14-5-6-18-2/h3-4,7,9,13-14,17H,5-6,8H2,1-2H3. The van der Waals surface area contributed by atoms with E-state index < -0.39 is 6.10 Å². The summed E-state index contributed by atoms with van der Waals surface area (Å²) in [6, 6.07) is 5.85. The van der Waals surface area contributed by atoms with Gasteiger partial charge in [0, 0.05) is 27.2 Å². The predicted molar refractivity (Wildman–Crippen MR) is 70.4 cm³/mol. The molecule has 1 heterocycles. The molecule has 0 spiro atoms. The highest BCUT2D eigenvalue weighted by Crippen LogP contribution is 2.18. The first-order valence-corrected chi connectivity index (χ1v) is 6.01. The number of rotatable bonds is 6. The number of methoxy groups -OCH3 is 1. The number of aryl methyl sites for hydroxylation is 1. The van der Waals surface area contributed by atoms with Gasteiger partial charge in [-0.15, -0.1) is 0 Å². The molecule has 0 fully saturated rings. The number of fused-ring (bicyclic) bond motifs is 1. The quantitative estimate of drug-likeness (QED) is 0.745. The minimum atomic E-state index is -0.520. The Labute approximate surface area is 106 Å². The molecule has 0 aliphatic heterocycles. The molecule has 1 atom stereocenters. The van der Waals surface area contributed by atoms with Gasteiger partial charge >= 0.3 is 0 Å². The first-order valence-electron chi connectivity index (χ1n) is 6.01. The normalized spacial score (nSPS) is 13.1. The summed E-state index contributed by atoms with van der Waals surface area (Å²) in [5.41, 5.74) is 2.86. The van der Waals surface area contributed by atoms with Crippen molar-refractivity contribution in [3.63, 3.8) is 0 Å². The van der Waals surface area contributed by atoms with Crippen LogP contribution in [0.5, 0.6) is 0 Å². The number of imidazole rings is 1. The number of hydrogen-bond acceptors (Lipinski definition) is 4. The summed E-state index contributed by atoms with van der Waals surface area (Å²) in [5.74, 6) is 0. The topological polar surface area (TPSA) is 59.3 Å². The molecule has 0 aliphatic rings. The van der Waals surface area contributed by atoms with E-state index in [1.165, 1.54) is 0 Å². The molecule has 98 valence electrons. The minimum Gasteiger partial charge on any atom is -0.387 e. The molecule has 0 aliphatic carbocycles. The third kappa shape index (κ3) is 2.87. The Kier molecular flexibility index (Phi) is 4.30. The van der Waals surface area contributed by atoms with Crippen LogP contribution in [0, 0.1) is 0 Å². The average molecular weight is 249 g/mol. The van der Waals surface area contributed by atoms with Crippen LogP contribution in [0.3, 0.4) is 0 Å². The molecule has 2 N–H and O–H groups in total. The molecule has 18 heavy (non-hydrogen) atoms. The van der Waals surface area contributed by atoms with Gasteiger partial charge in [-0.05, 0) is 17.7 Å². The van der Waals surface area contributed by atoms with E-state index >= 15 is 0 Å². The van der Waals surface area contributed by atoms with Gasteiger partial charge in [0.15, 0.2) is 0 Å². The Morgan fingerprint density at radius 2 is 2.33 bits per heavy atom. The van der Waals surface area contributed by atoms with E-state index in [9.17, 15) is 5.11 Å². The van der Waals surface area contributed by atoms with Gasteiger partial charge in [-0.2, -0.15) is 0 Å². The van der Waals surface area contributed by atoms with Crippen molar-refractivity contribution < 1.29 is 9.84 Å². The number of benzene rings is 1. The zero-order valence-electron chi connectivity index (χ0n) is 10.8. The molecule has 2 rings (SSSR count). The smallest absolute Gasteiger partial charge is 0.0955 e. The van der Waals surface area contributed by atoms with E-state index in [0.717, 1.165) is 23.1 Å². The van der Waals surface area contributed by atoms with Gasteiger partial charge in [0.05, 0.1) is 30.1 Å². The van der Waals surface area contributed by atoms with Crippen molar-refractivity contribution in [3.8, 4) is 0 Å². The second-order valence-electron chi connectivity index (χ2n) is 4.32.